The molecule has 0 radical (unpaired) electrons. The fourth-order valence-electron chi connectivity index (χ4n) is 1.22. The molecule has 0 aromatic rings. The van der Waals surface area contributed by atoms with Crippen LogP contribution in [0, 0.1) is 0 Å². The summed E-state index contributed by atoms with van der Waals surface area (Å²) in [4.78, 5) is 0. The third kappa shape index (κ3) is 5.77. The zero-order valence-corrected chi connectivity index (χ0v) is 7.56. The average molecular weight is 157 g/mol. The first-order valence-electron chi connectivity index (χ1n) is 4.35. The molecule has 0 fully saturated rings. The van der Waals surface area contributed by atoms with E-state index in [9.17, 15) is 0 Å². The Kier molecular flexibility index (Phi) is 5.71. The van der Waals surface area contributed by atoms with Crippen molar-refractivity contribution in [1.82, 2.24) is 5.32 Å². The highest BCUT2D eigenvalue weighted by Gasteiger charge is 2.04. The maximum absolute atomic E-state index is 8.87. The van der Waals surface area contributed by atoms with Crippen LogP contribution in [0.4, 0.5) is 0 Å². The molecule has 66 valence electrons. The molecule has 0 bridgehead atoms. The van der Waals surface area contributed by atoms with Crippen LogP contribution in [0.3, 0.4) is 0 Å². The zero-order chi connectivity index (χ0) is 8.69. The molecule has 0 aliphatic carbocycles. The number of nitrogens with one attached hydrogen (secondary N) is 1. The fraction of sp³-hybridized carbons (Fsp3) is 0.778. The molecule has 0 spiro atoms. The van der Waals surface area contributed by atoms with Gasteiger partial charge in [-0.15, -0.1) is 0 Å². The standard InChI is InChI=1S/C9H19NO/c1-4-6-9(7-5-2)10-8(3)11/h9-11H,3-7H2,1-2H3. The van der Waals surface area contributed by atoms with E-state index >= 15 is 0 Å². The van der Waals surface area contributed by atoms with Crippen molar-refractivity contribution < 1.29 is 5.11 Å². The predicted octanol–water partition coefficient (Wildman–Crippen LogP) is 2.57. The lowest BCUT2D eigenvalue weighted by molar-refractivity contribution is 0.327. The summed E-state index contributed by atoms with van der Waals surface area (Å²) in [6.07, 6.45) is 4.50. The molecule has 2 heteroatoms. The minimum Gasteiger partial charge on any atom is -0.495 e. The summed E-state index contributed by atoms with van der Waals surface area (Å²) in [5.41, 5.74) is 0. The Hall–Kier alpha value is -0.660. The van der Waals surface area contributed by atoms with Crippen molar-refractivity contribution in [1.29, 1.82) is 0 Å². The molecular weight excluding hydrogens is 138 g/mol. The number of hydrogen-bond donors (Lipinski definition) is 2. The van der Waals surface area contributed by atoms with Crippen molar-refractivity contribution in [2.24, 2.45) is 0 Å². The van der Waals surface area contributed by atoms with Crippen LogP contribution in [-0.2, 0) is 0 Å². The summed E-state index contributed by atoms with van der Waals surface area (Å²) in [5.74, 6) is 0.0944. The maximum Gasteiger partial charge on any atom is 0.176 e. The second-order valence-electron chi connectivity index (χ2n) is 2.87. The van der Waals surface area contributed by atoms with E-state index in [1.54, 1.807) is 0 Å². The van der Waals surface area contributed by atoms with E-state index in [0.717, 1.165) is 25.7 Å². The zero-order valence-electron chi connectivity index (χ0n) is 7.56. The summed E-state index contributed by atoms with van der Waals surface area (Å²) < 4.78 is 0. The Morgan fingerprint density at radius 2 is 1.82 bits per heavy atom. The summed E-state index contributed by atoms with van der Waals surface area (Å²) in [6.45, 7) is 7.69. The van der Waals surface area contributed by atoms with Gasteiger partial charge in [0.1, 0.15) is 0 Å². The highest BCUT2D eigenvalue weighted by molar-refractivity contribution is 4.80. The van der Waals surface area contributed by atoms with Crippen LogP contribution in [0.5, 0.6) is 0 Å². The van der Waals surface area contributed by atoms with Crippen molar-refractivity contribution in [3.63, 3.8) is 0 Å². The van der Waals surface area contributed by atoms with Crippen LogP contribution in [0.1, 0.15) is 39.5 Å². The predicted molar refractivity (Wildman–Crippen MR) is 48.5 cm³/mol. The van der Waals surface area contributed by atoms with Gasteiger partial charge >= 0.3 is 0 Å². The van der Waals surface area contributed by atoms with Gasteiger partial charge in [-0.2, -0.15) is 0 Å². The number of aliphatic hydroxyl groups excluding tert-OH is 1. The van der Waals surface area contributed by atoms with E-state index in [1.165, 1.54) is 0 Å². The van der Waals surface area contributed by atoms with E-state index in [2.05, 4.69) is 25.7 Å². The van der Waals surface area contributed by atoms with E-state index < -0.39 is 0 Å². The average Bonchev–Trinajstić information content (AvgIpc) is 1.87. The van der Waals surface area contributed by atoms with Crippen molar-refractivity contribution >= 4 is 0 Å². The minimum atomic E-state index is 0.0944. The third-order valence-corrected chi connectivity index (χ3v) is 1.65. The number of aliphatic hydroxyl groups is 1. The smallest absolute Gasteiger partial charge is 0.176 e. The molecule has 0 aromatic carbocycles. The first-order valence-corrected chi connectivity index (χ1v) is 4.35. The largest absolute Gasteiger partial charge is 0.495 e. The highest BCUT2D eigenvalue weighted by atomic mass is 16.3. The molecule has 0 rings (SSSR count). The molecular formula is C9H19NO. The molecule has 0 saturated heterocycles. The molecule has 11 heavy (non-hydrogen) atoms. The van der Waals surface area contributed by atoms with Gasteiger partial charge in [0.2, 0.25) is 0 Å². The van der Waals surface area contributed by atoms with Gasteiger partial charge in [-0.25, -0.2) is 0 Å². The molecule has 2 N–H and O–H groups in total. The lowest BCUT2D eigenvalue weighted by atomic mass is 10.1. The second-order valence-corrected chi connectivity index (χ2v) is 2.87. The van der Waals surface area contributed by atoms with Crippen LogP contribution in [-0.4, -0.2) is 11.1 Å². The molecule has 0 aromatic heterocycles. The Morgan fingerprint density at radius 3 is 2.09 bits per heavy atom. The van der Waals surface area contributed by atoms with Gasteiger partial charge in [-0.05, 0) is 19.4 Å². The van der Waals surface area contributed by atoms with Gasteiger partial charge in [0, 0.05) is 6.04 Å². The van der Waals surface area contributed by atoms with Gasteiger partial charge in [0.05, 0.1) is 0 Å². The normalized spacial score (nSPS) is 10.1. The van der Waals surface area contributed by atoms with Crippen molar-refractivity contribution in [2.75, 3.05) is 0 Å². The quantitative estimate of drug-likeness (QED) is 0.581. The lowest BCUT2D eigenvalue weighted by Gasteiger charge is -2.16. The van der Waals surface area contributed by atoms with Gasteiger partial charge < -0.3 is 10.4 Å². The van der Waals surface area contributed by atoms with Crippen LogP contribution >= 0.6 is 0 Å². The van der Waals surface area contributed by atoms with Gasteiger partial charge in [-0.1, -0.05) is 26.7 Å². The molecule has 0 heterocycles. The Morgan fingerprint density at radius 1 is 1.36 bits per heavy atom. The van der Waals surface area contributed by atoms with Crippen molar-refractivity contribution in [2.45, 2.75) is 45.6 Å². The first kappa shape index (κ1) is 10.3. The van der Waals surface area contributed by atoms with Crippen LogP contribution in [0.2, 0.25) is 0 Å². The van der Waals surface area contributed by atoms with Gasteiger partial charge in [0.25, 0.3) is 0 Å². The SMILES string of the molecule is C=C(O)NC(CCC)CCC. The first-order chi connectivity index (χ1) is 5.20. The summed E-state index contributed by atoms with van der Waals surface area (Å²) in [6, 6.07) is 0.405. The molecule has 0 aliphatic rings. The Bertz CT molecular complexity index is 106. The van der Waals surface area contributed by atoms with Crippen molar-refractivity contribution in [3.8, 4) is 0 Å². The Balaban J connectivity index is 3.59. The van der Waals surface area contributed by atoms with E-state index in [4.69, 9.17) is 5.11 Å². The molecule has 2 nitrogen and oxygen atoms in total. The number of hydrogen-bond acceptors (Lipinski definition) is 2. The fourth-order valence-corrected chi connectivity index (χ4v) is 1.22. The van der Waals surface area contributed by atoms with Crippen molar-refractivity contribution in [3.05, 3.63) is 12.5 Å². The molecule has 0 saturated carbocycles. The molecule has 0 aliphatic heterocycles. The lowest BCUT2D eigenvalue weighted by Crippen LogP contribution is -2.27. The number of rotatable bonds is 6. The van der Waals surface area contributed by atoms with E-state index in [0.29, 0.717) is 6.04 Å². The van der Waals surface area contributed by atoms with Gasteiger partial charge in [0.15, 0.2) is 5.88 Å². The van der Waals surface area contributed by atoms with Crippen LogP contribution < -0.4 is 5.32 Å². The van der Waals surface area contributed by atoms with E-state index in [1.807, 2.05) is 0 Å². The Labute approximate surface area is 69.3 Å². The molecule has 0 amide bonds. The molecule has 0 unspecified atom stereocenters. The summed E-state index contributed by atoms with van der Waals surface area (Å²) >= 11 is 0. The van der Waals surface area contributed by atoms with Gasteiger partial charge in [-0.3, -0.25) is 0 Å². The highest BCUT2D eigenvalue weighted by Crippen LogP contribution is 2.04. The maximum atomic E-state index is 8.87. The summed E-state index contributed by atoms with van der Waals surface area (Å²) in [7, 11) is 0. The van der Waals surface area contributed by atoms with E-state index in [-0.39, 0.29) is 5.88 Å². The second kappa shape index (κ2) is 6.08. The third-order valence-electron chi connectivity index (χ3n) is 1.65. The summed E-state index contributed by atoms with van der Waals surface area (Å²) in [5, 5.41) is 11.8. The monoisotopic (exact) mass is 157 g/mol. The topological polar surface area (TPSA) is 32.3 Å². The van der Waals surface area contributed by atoms with Crippen LogP contribution in [0.25, 0.3) is 0 Å². The molecule has 0 atom stereocenters. The minimum absolute atomic E-state index is 0.0944. The van der Waals surface area contributed by atoms with Crippen LogP contribution in [0.15, 0.2) is 12.5 Å².